The lowest BCUT2D eigenvalue weighted by Gasteiger charge is -2.30. The van der Waals surface area contributed by atoms with E-state index in [1.807, 2.05) is 11.3 Å². The van der Waals surface area contributed by atoms with E-state index >= 15 is 0 Å². The molecule has 2 heterocycles. The Morgan fingerprint density at radius 2 is 2.31 bits per heavy atom. The van der Waals surface area contributed by atoms with E-state index in [1.165, 1.54) is 16.2 Å². The summed E-state index contributed by atoms with van der Waals surface area (Å²) in [6, 6.07) is 4.90. The number of hydrogen-bond acceptors (Lipinski definition) is 3. The average Bonchev–Trinajstić information content (AvgIpc) is 2.65. The fourth-order valence-corrected chi connectivity index (χ4v) is 3.08. The summed E-state index contributed by atoms with van der Waals surface area (Å²) in [6.45, 7) is 8.47. The molecule has 0 spiro atoms. The first kappa shape index (κ1) is 12.1. The van der Waals surface area contributed by atoms with Gasteiger partial charge in [-0.15, -0.1) is 11.3 Å². The number of ether oxygens (including phenoxy) is 1. The normalized spacial score (nSPS) is 26.2. The summed E-state index contributed by atoms with van der Waals surface area (Å²) in [5.74, 6) is 0.738. The molecule has 0 amide bonds. The van der Waals surface area contributed by atoms with Crippen LogP contribution < -0.4 is 5.32 Å². The molecule has 0 bridgehead atoms. The van der Waals surface area contributed by atoms with Gasteiger partial charge in [-0.2, -0.15) is 0 Å². The van der Waals surface area contributed by atoms with Crippen LogP contribution in [0.4, 0.5) is 0 Å². The summed E-state index contributed by atoms with van der Waals surface area (Å²) in [7, 11) is 0. The molecular formula is C13H21NOS. The Labute approximate surface area is 102 Å². The minimum Gasteiger partial charge on any atom is -0.370 e. The number of hydrogen-bond donors (Lipinski definition) is 1. The fourth-order valence-electron chi connectivity index (χ4n) is 2.15. The van der Waals surface area contributed by atoms with Crippen molar-refractivity contribution in [2.24, 2.45) is 5.92 Å². The molecule has 2 rings (SSSR count). The van der Waals surface area contributed by atoms with Gasteiger partial charge in [0.05, 0.1) is 6.61 Å². The van der Waals surface area contributed by atoms with Gasteiger partial charge in [0, 0.05) is 22.3 Å². The Bertz CT molecular complexity index is 326. The molecule has 2 unspecified atom stereocenters. The molecule has 1 saturated heterocycles. The molecule has 3 heteroatoms. The molecule has 0 aliphatic carbocycles. The van der Waals surface area contributed by atoms with Crippen molar-refractivity contribution in [2.75, 3.05) is 13.2 Å². The molecule has 1 aliphatic rings. The smallest absolute Gasteiger partial charge is 0.104 e. The molecule has 0 radical (unpaired) electrons. The van der Waals surface area contributed by atoms with E-state index < -0.39 is 0 Å². The Hall–Kier alpha value is -0.380. The van der Waals surface area contributed by atoms with Gasteiger partial charge in [0.1, 0.15) is 6.10 Å². The van der Waals surface area contributed by atoms with E-state index in [1.54, 1.807) is 0 Å². The molecule has 90 valence electrons. The highest BCUT2D eigenvalue weighted by Gasteiger charge is 2.23. The summed E-state index contributed by atoms with van der Waals surface area (Å²) in [5, 5.41) is 3.59. The van der Waals surface area contributed by atoms with Gasteiger partial charge in [-0.05, 0) is 31.4 Å². The van der Waals surface area contributed by atoms with Crippen molar-refractivity contribution >= 4 is 11.3 Å². The number of nitrogens with one attached hydrogen (secondary N) is 1. The van der Waals surface area contributed by atoms with Gasteiger partial charge in [0.25, 0.3) is 0 Å². The quantitative estimate of drug-likeness (QED) is 0.875. The second-order valence-electron chi connectivity index (χ2n) is 5.01. The Kier molecular flexibility index (Phi) is 4.00. The van der Waals surface area contributed by atoms with Crippen LogP contribution in [0.25, 0.3) is 0 Å². The molecule has 1 N–H and O–H groups in total. The molecule has 0 aromatic carbocycles. The zero-order chi connectivity index (χ0) is 11.5. The van der Waals surface area contributed by atoms with Crippen LogP contribution in [0.1, 0.15) is 36.1 Å². The average molecular weight is 239 g/mol. The summed E-state index contributed by atoms with van der Waals surface area (Å²) in [4.78, 5) is 2.72. The Balaban J connectivity index is 1.85. The summed E-state index contributed by atoms with van der Waals surface area (Å²) >= 11 is 1.84. The first-order chi connectivity index (χ1) is 7.65. The van der Waals surface area contributed by atoms with Crippen LogP contribution in [0.5, 0.6) is 0 Å². The lowest BCUT2D eigenvalue weighted by molar-refractivity contribution is 0.000658. The van der Waals surface area contributed by atoms with E-state index in [0.29, 0.717) is 6.04 Å². The second kappa shape index (κ2) is 5.30. The van der Waals surface area contributed by atoms with Gasteiger partial charge in [0.2, 0.25) is 0 Å². The van der Waals surface area contributed by atoms with Crippen LogP contribution in [-0.4, -0.2) is 19.2 Å². The third-order valence-electron chi connectivity index (χ3n) is 2.92. The number of morpholine rings is 1. The van der Waals surface area contributed by atoms with Crippen LogP contribution in [0.2, 0.25) is 0 Å². The maximum absolute atomic E-state index is 5.94. The SMILES string of the molecule is Cc1ccc(C2CNC(CC(C)C)CO2)s1. The monoisotopic (exact) mass is 239 g/mol. The number of thiophene rings is 1. The highest BCUT2D eigenvalue weighted by Crippen LogP contribution is 2.27. The molecule has 1 fully saturated rings. The van der Waals surface area contributed by atoms with Crippen molar-refractivity contribution in [1.29, 1.82) is 0 Å². The summed E-state index contributed by atoms with van der Waals surface area (Å²) < 4.78 is 5.94. The topological polar surface area (TPSA) is 21.3 Å². The van der Waals surface area contributed by atoms with Gasteiger partial charge in [-0.3, -0.25) is 0 Å². The maximum atomic E-state index is 5.94. The molecule has 0 saturated carbocycles. The largest absolute Gasteiger partial charge is 0.370 e. The third-order valence-corrected chi connectivity index (χ3v) is 4.02. The molecule has 1 aromatic rings. The predicted molar refractivity (Wildman–Crippen MR) is 69.0 cm³/mol. The minimum atomic E-state index is 0.266. The fraction of sp³-hybridized carbons (Fsp3) is 0.692. The molecule has 2 atom stereocenters. The highest BCUT2D eigenvalue weighted by atomic mass is 32.1. The molecule has 2 nitrogen and oxygen atoms in total. The van der Waals surface area contributed by atoms with Gasteiger partial charge in [-0.25, -0.2) is 0 Å². The van der Waals surface area contributed by atoms with Crippen LogP contribution in [0.15, 0.2) is 12.1 Å². The van der Waals surface area contributed by atoms with Crippen molar-refractivity contribution in [3.63, 3.8) is 0 Å². The molecule has 1 aromatic heterocycles. The van der Waals surface area contributed by atoms with Crippen LogP contribution in [0.3, 0.4) is 0 Å². The summed E-state index contributed by atoms with van der Waals surface area (Å²) in [5.41, 5.74) is 0. The van der Waals surface area contributed by atoms with Gasteiger partial charge < -0.3 is 10.1 Å². The van der Waals surface area contributed by atoms with Crippen molar-refractivity contribution in [2.45, 2.75) is 39.3 Å². The molecular weight excluding hydrogens is 218 g/mol. The first-order valence-corrected chi connectivity index (χ1v) is 6.88. The van der Waals surface area contributed by atoms with E-state index in [2.05, 4.69) is 38.2 Å². The maximum Gasteiger partial charge on any atom is 0.104 e. The number of rotatable bonds is 3. The van der Waals surface area contributed by atoms with E-state index in [0.717, 1.165) is 19.1 Å². The molecule has 1 aliphatic heterocycles. The van der Waals surface area contributed by atoms with E-state index in [-0.39, 0.29) is 6.10 Å². The van der Waals surface area contributed by atoms with Crippen molar-refractivity contribution < 1.29 is 4.74 Å². The lowest BCUT2D eigenvalue weighted by Crippen LogP contribution is -2.43. The zero-order valence-electron chi connectivity index (χ0n) is 10.3. The van der Waals surface area contributed by atoms with Crippen molar-refractivity contribution in [1.82, 2.24) is 5.32 Å². The third kappa shape index (κ3) is 3.06. The van der Waals surface area contributed by atoms with Crippen LogP contribution >= 0.6 is 11.3 Å². The molecule has 16 heavy (non-hydrogen) atoms. The summed E-state index contributed by atoms with van der Waals surface area (Å²) in [6.07, 6.45) is 1.47. The Morgan fingerprint density at radius 3 is 2.81 bits per heavy atom. The van der Waals surface area contributed by atoms with Gasteiger partial charge in [-0.1, -0.05) is 13.8 Å². The Morgan fingerprint density at radius 1 is 1.50 bits per heavy atom. The van der Waals surface area contributed by atoms with Gasteiger partial charge in [0.15, 0.2) is 0 Å². The van der Waals surface area contributed by atoms with Crippen LogP contribution in [-0.2, 0) is 4.74 Å². The first-order valence-electron chi connectivity index (χ1n) is 6.06. The standard InChI is InChI=1S/C13H21NOS/c1-9(2)6-11-8-15-12(7-14-11)13-5-4-10(3)16-13/h4-5,9,11-12,14H,6-8H2,1-3H3. The van der Waals surface area contributed by atoms with Crippen LogP contribution in [0, 0.1) is 12.8 Å². The van der Waals surface area contributed by atoms with Crippen molar-refractivity contribution in [3.05, 3.63) is 21.9 Å². The zero-order valence-corrected chi connectivity index (χ0v) is 11.1. The highest BCUT2D eigenvalue weighted by molar-refractivity contribution is 7.12. The number of aryl methyl sites for hydroxylation is 1. The lowest BCUT2D eigenvalue weighted by atomic mass is 10.0. The second-order valence-corrected chi connectivity index (χ2v) is 6.32. The minimum absolute atomic E-state index is 0.266. The van der Waals surface area contributed by atoms with Gasteiger partial charge >= 0.3 is 0 Å². The van der Waals surface area contributed by atoms with E-state index in [9.17, 15) is 0 Å². The predicted octanol–water partition coefficient (Wildman–Crippen LogP) is 3.13. The van der Waals surface area contributed by atoms with Crippen molar-refractivity contribution in [3.8, 4) is 0 Å². The van der Waals surface area contributed by atoms with E-state index in [4.69, 9.17) is 4.74 Å².